The Morgan fingerprint density at radius 3 is 2.26 bits per heavy atom. The fourth-order valence-electron chi connectivity index (χ4n) is 14.3. The Morgan fingerprint density at radius 1 is 0.931 bits per heavy atom. The molecule has 1 heterocycles. The number of benzene rings is 1. The zero-order valence-corrected chi connectivity index (χ0v) is 38.2. The molecule has 2 aromatic rings. The van der Waals surface area contributed by atoms with Crippen molar-refractivity contribution in [2.24, 2.45) is 56.2 Å². The van der Waals surface area contributed by atoms with Crippen LogP contribution in [-0.2, 0) is 27.3 Å². The van der Waals surface area contributed by atoms with E-state index in [-0.39, 0.29) is 45.2 Å². The molecule has 1 aromatic carbocycles. The van der Waals surface area contributed by atoms with Crippen LogP contribution in [0.5, 0.6) is 0 Å². The van der Waals surface area contributed by atoms with Gasteiger partial charge < -0.3 is 14.7 Å². The van der Waals surface area contributed by atoms with Gasteiger partial charge in [-0.25, -0.2) is 4.68 Å². The van der Waals surface area contributed by atoms with Crippen molar-refractivity contribution in [3.05, 3.63) is 62.5 Å². The molecule has 0 radical (unpaired) electrons. The van der Waals surface area contributed by atoms with Crippen LogP contribution in [0.15, 0.2) is 46.3 Å². The molecule has 8 atom stereocenters. The van der Waals surface area contributed by atoms with Crippen molar-refractivity contribution in [2.75, 3.05) is 20.6 Å². The molecule has 8 unspecified atom stereocenters. The first-order chi connectivity index (χ1) is 27.0. The maximum Gasteiger partial charge on any atom is 0.309 e. The molecule has 58 heavy (non-hydrogen) atoms. The summed E-state index contributed by atoms with van der Waals surface area (Å²) in [6, 6.07) is 9.59. The third-order valence-electron chi connectivity index (χ3n) is 17.6. The highest BCUT2D eigenvalue weighted by Crippen LogP contribution is 2.77. The Kier molecular flexibility index (Phi) is 11.2. The Hall–Kier alpha value is -2.84. The van der Waals surface area contributed by atoms with Crippen molar-refractivity contribution in [1.82, 2.24) is 14.3 Å². The number of carboxylic acids is 1. The third kappa shape index (κ3) is 6.86. The van der Waals surface area contributed by atoms with Gasteiger partial charge in [0.15, 0.2) is 0 Å². The van der Waals surface area contributed by atoms with Gasteiger partial charge in [0.2, 0.25) is 0 Å². The summed E-state index contributed by atoms with van der Waals surface area (Å²) < 4.78 is 10.4. The van der Waals surface area contributed by atoms with E-state index in [2.05, 4.69) is 72.1 Å². The minimum atomic E-state index is -1.15. The maximum absolute atomic E-state index is 14.0. The molecule has 4 fully saturated rings. The van der Waals surface area contributed by atoms with Crippen molar-refractivity contribution in [2.45, 2.75) is 152 Å². The molecule has 0 amide bonds. The summed E-state index contributed by atoms with van der Waals surface area (Å²) in [7, 11) is 4.19. The second-order valence-corrected chi connectivity index (χ2v) is 22.5. The average Bonchev–Trinajstić information content (AvgIpc) is 3.66. The fourth-order valence-corrected chi connectivity index (χ4v) is 14.4. The summed E-state index contributed by atoms with van der Waals surface area (Å²) in [4.78, 5) is 41.2. The van der Waals surface area contributed by atoms with Crippen LogP contribution in [0.1, 0.15) is 139 Å². The smallest absolute Gasteiger partial charge is 0.309 e. The number of carboxylic acid groups (broad SMARTS) is 1. The third-order valence-corrected chi connectivity index (χ3v) is 17.9. The summed E-state index contributed by atoms with van der Waals surface area (Å²) in [5.74, 6) is 0.635. The van der Waals surface area contributed by atoms with Gasteiger partial charge in [-0.1, -0.05) is 71.2 Å². The van der Waals surface area contributed by atoms with E-state index in [4.69, 9.17) is 16.3 Å². The lowest BCUT2D eigenvalue weighted by Crippen LogP contribution is -2.65. The van der Waals surface area contributed by atoms with Gasteiger partial charge in [0.25, 0.3) is 5.56 Å². The predicted octanol–water partition coefficient (Wildman–Crippen LogP) is 10.6. The van der Waals surface area contributed by atoms with Gasteiger partial charge in [0, 0.05) is 28.7 Å². The number of likely N-dealkylation sites (N-methyl/N-ethyl adjacent to an activating group) is 1. The Balaban J connectivity index is 1.20. The van der Waals surface area contributed by atoms with Crippen molar-refractivity contribution in [1.29, 1.82) is 0 Å². The normalized spacial score (nSPS) is 34.4. The van der Waals surface area contributed by atoms with Crippen LogP contribution in [0.2, 0.25) is 5.02 Å². The van der Waals surface area contributed by atoms with E-state index < -0.39 is 17.4 Å². The second-order valence-electron chi connectivity index (χ2n) is 22.1. The molecule has 0 spiro atoms. The molecule has 4 saturated carbocycles. The van der Waals surface area contributed by atoms with Crippen LogP contribution in [-0.4, -0.2) is 58.1 Å². The van der Waals surface area contributed by atoms with Crippen LogP contribution >= 0.6 is 11.6 Å². The van der Waals surface area contributed by atoms with Gasteiger partial charge >= 0.3 is 11.9 Å². The summed E-state index contributed by atoms with van der Waals surface area (Å²) in [6.45, 7) is 22.1. The number of hydrogen-bond donors (Lipinski definition) is 1. The summed E-state index contributed by atoms with van der Waals surface area (Å²) in [6.07, 6.45) is 11.8. The van der Waals surface area contributed by atoms with Gasteiger partial charge in [-0.2, -0.15) is 0 Å². The van der Waals surface area contributed by atoms with Crippen molar-refractivity contribution in [3.8, 4) is 5.69 Å². The van der Waals surface area contributed by atoms with Crippen molar-refractivity contribution < 1.29 is 19.4 Å². The van der Waals surface area contributed by atoms with E-state index in [1.165, 1.54) is 25.7 Å². The Labute approximate surface area is 353 Å². The minimum Gasteiger partial charge on any atom is -0.481 e. The molecular weight excluding hydrogens is 746 g/mol. The summed E-state index contributed by atoms with van der Waals surface area (Å²) >= 11 is 6.30. The molecule has 320 valence electrons. The molecule has 1 aromatic heterocycles. The standard InChI is InChI=1S/C49H72ClN3O5/c1-31(2)35-18-23-49(29-34-28-40(54)53(52(34)27-26-51(10)11)33-14-12-32(50)13-15-33)25-24-47(8)36(42(35)49)16-17-38-46(7)21-20-39(58-41(55)30-44(3,4)43(56)57)45(5,6)37(46)19-22-48(38,47)9/h12-15,28,31,36-39H,16-27,29-30H2,1-11H3,(H,56,57). The molecule has 5 aliphatic carbocycles. The second kappa shape index (κ2) is 15.0. The zero-order valence-electron chi connectivity index (χ0n) is 37.5. The summed E-state index contributed by atoms with van der Waals surface area (Å²) in [5.41, 5.74) is 4.60. The van der Waals surface area contributed by atoms with E-state index >= 15 is 0 Å². The number of fused-ring (bicyclic) bond motifs is 7. The van der Waals surface area contributed by atoms with E-state index in [1.54, 1.807) is 25.0 Å². The number of carbonyl (C=O) groups excluding carboxylic acids is 1. The first-order valence-electron chi connectivity index (χ1n) is 22.4. The monoisotopic (exact) mass is 818 g/mol. The molecule has 5 aliphatic rings. The fraction of sp³-hybridized carbons (Fsp3) is 0.735. The number of rotatable bonds is 11. The summed E-state index contributed by atoms with van der Waals surface area (Å²) in [5, 5.41) is 10.3. The largest absolute Gasteiger partial charge is 0.481 e. The van der Waals surface area contributed by atoms with Gasteiger partial charge in [-0.15, -0.1) is 0 Å². The van der Waals surface area contributed by atoms with Crippen molar-refractivity contribution >= 4 is 23.5 Å². The molecular formula is C49H72ClN3O5. The van der Waals surface area contributed by atoms with Crippen LogP contribution in [0.4, 0.5) is 0 Å². The van der Waals surface area contributed by atoms with E-state index in [1.807, 2.05) is 35.0 Å². The lowest BCUT2D eigenvalue weighted by atomic mass is 9.33. The van der Waals surface area contributed by atoms with Crippen LogP contribution in [0.3, 0.4) is 0 Å². The maximum atomic E-state index is 14.0. The van der Waals surface area contributed by atoms with Crippen molar-refractivity contribution in [3.63, 3.8) is 0 Å². The lowest BCUT2D eigenvalue weighted by Gasteiger charge is -2.72. The molecule has 0 aliphatic heterocycles. The molecule has 7 rings (SSSR count). The van der Waals surface area contributed by atoms with Gasteiger partial charge in [-0.3, -0.25) is 19.1 Å². The first kappa shape index (κ1) is 43.3. The number of allylic oxidation sites excluding steroid dienone is 2. The molecule has 0 saturated heterocycles. The van der Waals surface area contributed by atoms with Gasteiger partial charge in [0.05, 0.1) is 24.1 Å². The van der Waals surface area contributed by atoms with Crippen LogP contribution in [0, 0.1) is 56.2 Å². The highest BCUT2D eigenvalue weighted by atomic mass is 35.5. The van der Waals surface area contributed by atoms with Gasteiger partial charge in [0.1, 0.15) is 6.10 Å². The lowest BCUT2D eigenvalue weighted by molar-refractivity contribution is -0.233. The highest BCUT2D eigenvalue weighted by Gasteiger charge is 2.69. The number of esters is 1. The van der Waals surface area contributed by atoms with E-state index in [0.29, 0.717) is 28.7 Å². The molecule has 8 nitrogen and oxygen atoms in total. The number of aromatic nitrogens is 2. The number of halogens is 1. The molecule has 9 heteroatoms. The highest BCUT2D eigenvalue weighted by molar-refractivity contribution is 6.30. The van der Waals surface area contributed by atoms with E-state index in [9.17, 15) is 19.5 Å². The SMILES string of the molecule is CC(C)C1=C2C3CCC4C5(C)CCC(OC(=O)CC(C)(C)C(=O)O)C(C)(C)C5CCC4(C)C3(C)CCC2(Cc2cc(=O)n(-c3ccc(Cl)cc3)n2CCN(C)C)CC1. The Morgan fingerprint density at radius 2 is 1.62 bits per heavy atom. The number of aliphatic carboxylic acids is 1. The number of ether oxygens (including phenoxy) is 1. The quantitative estimate of drug-likeness (QED) is 0.179. The molecule has 0 bridgehead atoms. The first-order valence-corrected chi connectivity index (χ1v) is 22.8. The number of nitrogens with zero attached hydrogens (tertiary/aromatic N) is 3. The molecule has 1 N–H and O–H groups in total. The minimum absolute atomic E-state index is 0.0234. The predicted molar refractivity (Wildman–Crippen MR) is 232 cm³/mol. The van der Waals surface area contributed by atoms with Crippen LogP contribution < -0.4 is 5.56 Å². The average molecular weight is 819 g/mol. The number of hydrogen-bond acceptors (Lipinski definition) is 5. The number of carbonyl (C=O) groups is 2. The van der Waals surface area contributed by atoms with Gasteiger partial charge in [-0.05, 0) is 168 Å². The van der Waals surface area contributed by atoms with Crippen LogP contribution in [0.25, 0.3) is 5.69 Å². The van der Waals surface area contributed by atoms with E-state index in [0.717, 1.165) is 69.4 Å². The Bertz CT molecular complexity index is 2010. The topological polar surface area (TPSA) is 93.8 Å². The zero-order chi connectivity index (χ0) is 42.4.